The number of anilines is 3. The third-order valence-corrected chi connectivity index (χ3v) is 12.8. The molecule has 0 bridgehead atoms. The van der Waals surface area contributed by atoms with Gasteiger partial charge in [-0.3, -0.25) is 0 Å². The van der Waals surface area contributed by atoms with E-state index >= 15 is 0 Å². The molecule has 3 aliphatic rings. The molecule has 2 aliphatic heterocycles. The third kappa shape index (κ3) is 8.54. The fourth-order valence-corrected chi connectivity index (χ4v) is 9.26. The lowest BCUT2D eigenvalue weighted by Crippen LogP contribution is -2.29. The van der Waals surface area contributed by atoms with Crippen molar-refractivity contribution >= 4 is 51.7 Å². The van der Waals surface area contributed by atoms with Crippen molar-refractivity contribution in [3.8, 4) is 0 Å². The van der Waals surface area contributed by atoms with Crippen molar-refractivity contribution in [2.24, 2.45) is 10.8 Å². The molecule has 0 atom stereocenters. The number of fused-ring (bicyclic) bond motifs is 2. The first-order valence-corrected chi connectivity index (χ1v) is 21.9. The molecule has 3 nitrogen and oxygen atoms in total. The Hall–Kier alpha value is -4.31. The number of halogens is 2. The molecule has 2 heterocycles. The number of para-hydroxylation sites is 2. The lowest BCUT2D eigenvalue weighted by atomic mass is 9.81. The Kier molecular flexibility index (Phi) is 11.6. The number of benzene rings is 4. The topological polar surface area (TPSA) is 9.49 Å². The molecule has 0 N–H and O–H groups in total. The van der Waals surface area contributed by atoms with Crippen LogP contribution >= 0.6 is 23.2 Å². The molecule has 0 radical (unpaired) electrons. The van der Waals surface area contributed by atoms with Gasteiger partial charge in [0.15, 0.2) is 5.71 Å². The Balaban J connectivity index is 1.40. The summed E-state index contributed by atoms with van der Waals surface area (Å²) in [5.74, 6) is 0. The van der Waals surface area contributed by atoms with Crippen molar-refractivity contribution in [3.05, 3.63) is 165 Å². The SMILES string of the molecule is CC(C)(C)CCN1/C(=C/C=C2\CCC(/C=C/C3=[N+](CCC(C)(C)C)c4ccc(Cl)cc4C3(C)C)=C2N(c2ccccc2)c2ccccc2)C(C)(C)c2cc(Cl)ccc21. The quantitative estimate of drug-likeness (QED) is 0.148. The van der Waals surface area contributed by atoms with Gasteiger partial charge in [-0.2, -0.15) is 4.58 Å². The first-order valence-electron chi connectivity index (χ1n) is 21.1. The lowest BCUT2D eigenvalue weighted by Gasteiger charge is -2.30. The summed E-state index contributed by atoms with van der Waals surface area (Å²) in [4.78, 5) is 5.02. The average molecular weight is 812 g/mol. The lowest BCUT2D eigenvalue weighted by molar-refractivity contribution is -0.440. The van der Waals surface area contributed by atoms with Gasteiger partial charge in [0.1, 0.15) is 6.54 Å². The zero-order valence-electron chi connectivity index (χ0n) is 36.4. The minimum atomic E-state index is -0.210. The molecule has 0 fully saturated rings. The average Bonchev–Trinajstić information content (AvgIpc) is 3.72. The molecule has 0 amide bonds. The summed E-state index contributed by atoms with van der Waals surface area (Å²) >= 11 is 13.3. The Morgan fingerprint density at radius 2 is 1.26 bits per heavy atom. The number of nitrogens with zero attached hydrogens (tertiary/aromatic N) is 3. The van der Waals surface area contributed by atoms with E-state index in [1.807, 2.05) is 12.1 Å². The smallest absolute Gasteiger partial charge is 0.209 e. The van der Waals surface area contributed by atoms with Gasteiger partial charge in [0.2, 0.25) is 5.69 Å². The van der Waals surface area contributed by atoms with Gasteiger partial charge in [0.25, 0.3) is 0 Å². The van der Waals surface area contributed by atoms with Gasteiger partial charge in [-0.15, -0.1) is 0 Å². The molecule has 4 aromatic carbocycles. The van der Waals surface area contributed by atoms with Crippen molar-refractivity contribution in [1.82, 2.24) is 0 Å². The van der Waals surface area contributed by atoms with Crippen molar-refractivity contribution in [2.45, 2.75) is 106 Å². The van der Waals surface area contributed by atoms with Gasteiger partial charge >= 0.3 is 0 Å². The second kappa shape index (κ2) is 16.0. The first kappa shape index (κ1) is 41.8. The van der Waals surface area contributed by atoms with Crippen LogP contribution in [0.25, 0.3) is 0 Å². The monoisotopic (exact) mass is 810 g/mol. The van der Waals surface area contributed by atoms with Crippen molar-refractivity contribution < 1.29 is 4.58 Å². The molecular weight excluding hydrogens is 750 g/mol. The molecule has 0 unspecified atom stereocenters. The van der Waals surface area contributed by atoms with Gasteiger partial charge in [-0.1, -0.05) is 127 Å². The van der Waals surface area contributed by atoms with Crippen LogP contribution in [-0.2, 0) is 10.8 Å². The maximum Gasteiger partial charge on any atom is 0.209 e. The summed E-state index contributed by atoms with van der Waals surface area (Å²) in [6, 6.07) is 34.5. The van der Waals surface area contributed by atoms with E-state index in [1.54, 1.807) is 0 Å². The maximum absolute atomic E-state index is 6.66. The minimum absolute atomic E-state index is 0.208. The number of rotatable bonds is 10. The minimum Gasteiger partial charge on any atom is -0.344 e. The van der Waals surface area contributed by atoms with E-state index in [4.69, 9.17) is 23.2 Å². The summed E-state index contributed by atoms with van der Waals surface area (Å²) in [5, 5.41) is 1.57. The van der Waals surface area contributed by atoms with E-state index in [-0.39, 0.29) is 21.7 Å². The van der Waals surface area contributed by atoms with Gasteiger partial charge < -0.3 is 9.80 Å². The molecule has 0 saturated heterocycles. The molecule has 1 aliphatic carbocycles. The summed E-state index contributed by atoms with van der Waals surface area (Å²) < 4.78 is 2.55. The zero-order valence-corrected chi connectivity index (χ0v) is 37.9. The van der Waals surface area contributed by atoms with E-state index in [1.165, 1.54) is 50.8 Å². The molecule has 0 saturated carbocycles. The fraction of sp³-hybridized carbons (Fsp3) is 0.377. The Morgan fingerprint density at radius 1 is 0.672 bits per heavy atom. The van der Waals surface area contributed by atoms with Gasteiger partial charge in [0, 0.05) is 68.9 Å². The second-order valence-corrected chi connectivity index (χ2v) is 20.7. The molecule has 0 aromatic heterocycles. The predicted octanol–water partition coefficient (Wildman–Crippen LogP) is 15.3. The van der Waals surface area contributed by atoms with E-state index in [9.17, 15) is 0 Å². The number of allylic oxidation sites excluding steroid dienone is 7. The third-order valence-electron chi connectivity index (χ3n) is 12.3. The molecule has 5 heteroatoms. The van der Waals surface area contributed by atoms with Crippen LogP contribution in [0.5, 0.6) is 0 Å². The van der Waals surface area contributed by atoms with Crippen molar-refractivity contribution in [1.29, 1.82) is 0 Å². The van der Waals surface area contributed by atoms with Crippen molar-refractivity contribution in [3.63, 3.8) is 0 Å². The van der Waals surface area contributed by atoms with Crippen LogP contribution in [0.4, 0.5) is 22.7 Å². The number of hydrogen-bond acceptors (Lipinski definition) is 2. The molecule has 7 rings (SSSR count). The largest absolute Gasteiger partial charge is 0.344 e. The van der Waals surface area contributed by atoms with Gasteiger partial charge in [-0.25, -0.2) is 0 Å². The van der Waals surface area contributed by atoms with E-state index in [0.717, 1.165) is 60.2 Å². The highest BCUT2D eigenvalue weighted by molar-refractivity contribution is 6.31. The molecular formula is C53H62Cl2N3+. The molecule has 4 aromatic rings. The van der Waals surface area contributed by atoms with E-state index in [0.29, 0.717) is 0 Å². The van der Waals surface area contributed by atoms with Crippen LogP contribution in [-0.4, -0.2) is 23.4 Å². The Morgan fingerprint density at radius 3 is 1.86 bits per heavy atom. The normalized spacial score (nSPS) is 18.9. The van der Waals surface area contributed by atoms with Crippen LogP contribution in [0.15, 0.2) is 144 Å². The van der Waals surface area contributed by atoms with Crippen LogP contribution in [0, 0.1) is 10.8 Å². The Bertz CT molecular complexity index is 2290. The van der Waals surface area contributed by atoms with E-state index < -0.39 is 0 Å². The van der Waals surface area contributed by atoms with Crippen LogP contribution in [0.3, 0.4) is 0 Å². The highest BCUT2D eigenvalue weighted by Gasteiger charge is 2.45. The van der Waals surface area contributed by atoms with Crippen molar-refractivity contribution in [2.75, 3.05) is 22.9 Å². The van der Waals surface area contributed by atoms with Crippen LogP contribution in [0.1, 0.15) is 106 Å². The standard InChI is InChI=1S/C53H62Cl2N3/c1-50(2,3)31-33-56-45-27-25-39(54)35-43(45)52(7,8)47(56)29-23-37-21-22-38(49(37)58(41-17-13-11-14-18-41)42-19-15-12-16-20-42)24-30-48-53(9,10)44-36-40(55)26-28-46(44)57(48)34-32-51(4,5)6/h11-20,23-30,35-36H,21-22,31-34H2,1-10H3/q+1. The second-order valence-electron chi connectivity index (χ2n) is 19.8. The zero-order chi connectivity index (χ0) is 41.6. The number of hydrogen-bond donors (Lipinski definition) is 0. The summed E-state index contributed by atoms with van der Waals surface area (Å²) in [6.45, 7) is 25.3. The molecule has 0 spiro atoms. The predicted molar refractivity (Wildman–Crippen MR) is 251 cm³/mol. The van der Waals surface area contributed by atoms with E-state index in [2.05, 4.69) is 193 Å². The summed E-state index contributed by atoms with van der Waals surface area (Å²) in [5.41, 5.74) is 13.9. The van der Waals surface area contributed by atoms with Crippen LogP contribution < -0.4 is 9.80 Å². The molecule has 58 heavy (non-hydrogen) atoms. The summed E-state index contributed by atoms with van der Waals surface area (Å²) in [6.07, 6.45) is 13.7. The summed E-state index contributed by atoms with van der Waals surface area (Å²) in [7, 11) is 0. The highest BCUT2D eigenvalue weighted by Crippen LogP contribution is 2.50. The van der Waals surface area contributed by atoms with Gasteiger partial charge in [0.05, 0.1) is 11.1 Å². The highest BCUT2D eigenvalue weighted by atomic mass is 35.5. The van der Waals surface area contributed by atoms with Crippen LogP contribution in [0.2, 0.25) is 10.0 Å². The Labute approximate surface area is 359 Å². The van der Waals surface area contributed by atoms with Gasteiger partial charge in [-0.05, 0) is 121 Å². The molecule has 302 valence electrons. The maximum atomic E-state index is 6.66. The fourth-order valence-electron chi connectivity index (χ4n) is 8.92. The first-order chi connectivity index (χ1) is 27.3.